The van der Waals surface area contributed by atoms with Crippen LogP contribution in [0.5, 0.6) is 0 Å². The topological polar surface area (TPSA) is 131 Å². The molecule has 144 valence electrons. The van der Waals surface area contributed by atoms with Crippen LogP contribution >= 0.6 is 0 Å². The summed E-state index contributed by atoms with van der Waals surface area (Å²) < 4.78 is 2.82. The van der Waals surface area contributed by atoms with Crippen molar-refractivity contribution in [1.82, 2.24) is 19.6 Å². The van der Waals surface area contributed by atoms with E-state index in [0.29, 0.717) is 23.6 Å². The molecule has 0 atom stereocenters. The summed E-state index contributed by atoms with van der Waals surface area (Å²) in [5, 5.41) is 22.5. The zero-order chi connectivity index (χ0) is 20.3. The Morgan fingerprint density at radius 2 is 1.79 bits per heavy atom. The Balaban J connectivity index is 1.76. The van der Waals surface area contributed by atoms with Gasteiger partial charge >= 0.3 is 5.97 Å². The van der Waals surface area contributed by atoms with Crippen molar-refractivity contribution in [3.05, 3.63) is 59.7 Å². The van der Waals surface area contributed by atoms with E-state index in [2.05, 4.69) is 20.8 Å². The average molecular weight is 382 g/mol. The lowest BCUT2D eigenvalue weighted by Gasteiger charge is -2.09. The largest absolute Gasteiger partial charge is 0.478 e. The standard InChI is InChI=1S/C18H18N6O4/c1-3-24-14(7-8-19-24)16(25)20-11-5-4-6-12(9-11)21-17(26)15-13(18(27)28)10-23(2)22-15/h4-10H,3H2,1-2H3,(H,20,25)(H,21,26)(H,27,28). The first-order valence-corrected chi connectivity index (χ1v) is 8.40. The molecule has 3 rings (SSSR count). The van der Waals surface area contributed by atoms with Gasteiger partial charge in [0.2, 0.25) is 0 Å². The van der Waals surface area contributed by atoms with Crippen molar-refractivity contribution in [1.29, 1.82) is 0 Å². The summed E-state index contributed by atoms with van der Waals surface area (Å²) in [6, 6.07) is 8.11. The van der Waals surface area contributed by atoms with Crippen molar-refractivity contribution in [2.24, 2.45) is 7.05 Å². The van der Waals surface area contributed by atoms with Crippen LogP contribution in [-0.4, -0.2) is 42.5 Å². The summed E-state index contributed by atoms with van der Waals surface area (Å²) in [6.45, 7) is 2.44. The van der Waals surface area contributed by atoms with Gasteiger partial charge in [-0.1, -0.05) is 6.07 Å². The molecule has 28 heavy (non-hydrogen) atoms. The van der Waals surface area contributed by atoms with E-state index < -0.39 is 11.9 Å². The number of aromatic carboxylic acids is 1. The zero-order valence-corrected chi connectivity index (χ0v) is 15.2. The molecule has 3 aromatic rings. The molecule has 0 saturated heterocycles. The molecule has 0 aliphatic carbocycles. The summed E-state index contributed by atoms with van der Waals surface area (Å²) in [4.78, 5) is 36.0. The van der Waals surface area contributed by atoms with E-state index in [1.807, 2.05) is 6.92 Å². The molecule has 10 nitrogen and oxygen atoms in total. The van der Waals surface area contributed by atoms with Gasteiger partial charge in [0.25, 0.3) is 11.8 Å². The summed E-state index contributed by atoms with van der Waals surface area (Å²) in [5.74, 6) is -2.24. The highest BCUT2D eigenvalue weighted by Gasteiger charge is 2.21. The van der Waals surface area contributed by atoms with Crippen LogP contribution in [0.1, 0.15) is 38.3 Å². The number of carbonyl (C=O) groups is 3. The van der Waals surface area contributed by atoms with Gasteiger partial charge in [0.1, 0.15) is 11.3 Å². The van der Waals surface area contributed by atoms with E-state index in [-0.39, 0.29) is 17.2 Å². The third-order valence-corrected chi connectivity index (χ3v) is 3.90. The fraction of sp³-hybridized carbons (Fsp3) is 0.167. The lowest BCUT2D eigenvalue weighted by molar-refractivity contribution is 0.0692. The second-order valence-corrected chi connectivity index (χ2v) is 5.89. The molecule has 2 aromatic heterocycles. The third-order valence-electron chi connectivity index (χ3n) is 3.90. The van der Waals surface area contributed by atoms with E-state index in [1.165, 1.54) is 17.9 Å². The van der Waals surface area contributed by atoms with Gasteiger partial charge in [0, 0.05) is 37.4 Å². The first-order chi connectivity index (χ1) is 13.4. The fourth-order valence-electron chi connectivity index (χ4n) is 2.65. The predicted octanol–water partition coefficient (Wildman–Crippen LogP) is 1.84. The normalized spacial score (nSPS) is 10.5. The summed E-state index contributed by atoms with van der Waals surface area (Å²) >= 11 is 0. The molecule has 0 bridgehead atoms. The molecule has 0 spiro atoms. The first kappa shape index (κ1) is 18.8. The molecule has 0 unspecified atom stereocenters. The number of carboxylic acid groups (broad SMARTS) is 1. The Kier molecular flexibility index (Phi) is 5.21. The van der Waals surface area contributed by atoms with Gasteiger partial charge in [-0.05, 0) is 31.2 Å². The number of hydrogen-bond acceptors (Lipinski definition) is 5. The number of rotatable bonds is 6. The molecule has 2 amide bonds. The molecule has 0 saturated carbocycles. The highest BCUT2D eigenvalue weighted by atomic mass is 16.4. The number of benzene rings is 1. The van der Waals surface area contributed by atoms with Crippen molar-refractivity contribution >= 4 is 29.2 Å². The molecule has 0 fully saturated rings. The Bertz CT molecular complexity index is 1050. The van der Waals surface area contributed by atoms with Crippen LogP contribution in [0.4, 0.5) is 11.4 Å². The summed E-state index contributed by atoms with van der Waals surface area (Å²) in [7, 11) is 1.53. The molecule has 0 aliphatic heterocycles. The Labute approximate surface area is 159 Å². The molecule has 2 heterocycles. The second-order valence-electron chi connectivity index (χ2n) is 5.89. The van der Waals surface area contributed by atoms with Gasteiger partial charge in [0.05, 0.1) is 0 Å². The molecule has 3 N–H and O–H groups in total. The van der Waals surface area contributed by atoms with Crippen LogP contribution in [0.25, 0.3) is 0 Å². The number of carboxylic acids is 1. The van der Waals surface area contributed by atoms with Crippen LogP contribution in [0.2, 0.25) is 0 Å². The average Bonchev–Trinajstić information content (AvgIpc) is 3.28. The number of hydrogen-bond donors (Lipinski definition) is 3. The minimum Gasteiger partial charge on any atom is -0.478 e. The van der Waals surface area contributed by atoms with Gasteiger partial charge in [-0.15, -0.1) is 0 Å². The van der Waals surface area contributed by atoms with Gasteiger partial charge in [0.15, 0.2) is 5.69 Å². The third kappa shape index (κ3) is 3.90. The van der Waals surface area contributed by atoms with Crippen molar-refractivity contribution in [2.75, 3.05) is 10.6 Å². The lowest BCUT2D eigenvalue weighted by atomic mass is 10.2. The van der Waals surface area contributed by atoms with Gasteiger partial charge in [-0.3, -0.25) is 19.0 Å². The maximum atomic E-state index is 12.4. The van der Waals surface area contributed by atoms with Gasteiger partial charge in [-0.25, -0.2) is 4.79 Å². The number of nitrogens with zero attached hydrogens (tertiary/aromatic N) is 4. The van der Waals surface area contributed by atoms with Crippen LogP contribution in [0, 0.1) is 0 Å². The van der Waals surface area contributed by atoms with Gasteiger partial charge in [-0.2, -0.15) is 10.2 Å². The molecular weight excluding hydrogens is 364 g/mol. The van der Waals surface area contributed by atoms with Crippen molar-refractivity contribution < 1.29 is 19.5 Å². The smallest absolute Gasteiger partial charge is 0.339 e. The minimum absolute atomic E-state index is 0.197. The van der Waals surface area contributed by atoms with E-state index in [1.54, 1.807) is 41.2 Å². The summed E-state index contributed by atoms with van der Waals surface area (Å²) in [5.41, 5.74) is 0.866. The van der Waals surface area contributed by atoms with E-state index >= 15 is 0 Å². The maximum Gasteiger partial charge on any atom is 0.339 e. The highest BCUT2D eigenvalue weighted by molar-refractivity contribution is 6.09. The van der Waals surface area contributed by atoms with E-state index in [0.717, 1.165) is 0 Å². The lowest BCUT2D eigenvalue weighted by Crippen LogP contribution is -2.18. The van der Waals surface area contributed by atoms with Crippen molar-refractivity contribution in [3.8, 4) is 0 Å². The first-order valence-electron chi connectivity index (χ1n) is 8.40. The van der Waals surface area contributed by atoms with Crippen LogP contribution in [0.3, 0.4) is 0 Å². The van der Waals surface area contributed by atoms with Gasteiger partial charge < -0.3 is 15.7 Å². The molecule has 0 aliphatic rings. The SMILES string of the molecule is CCn1nccc1C(=O)Nc1cccc(NC(=O)c2nn(C)cc2C(=O)O)c1. The number of aryl methyl sites for hydroxylation is 2. The number of aromatic nitrogens is 4. The number of carbonyl (C=O) groups excluding carboxylic acids is 2. The number of amides is 2. The molecule has 1 aromatic carbocycles. The van der Waals surface area contributed by atoms with E-state index in [9.17, 15) is 19.5 Å². The second kappa shape index (κ2) is 7.74. The fourth-order valence-corrected chi connectivity index (χ4v) is 2.65. The predicted molar refractivity (Wildman–Crippen MR) is 100 cm³/mol. The van der Waals surface area contributed by atoms with Crippen molar-refractivity contribution in [2.45, 2.75) is 13.5 Å². The van der Waals surface area contributed by atoms with E-state index in [4.69, 9.17) is 0 Å². The maximum absolute atomic E-state index is 12.4. The minimum atomic E-state index is -1.24. The quantitative estimate of drug-likeness (QED) is 0.596. The van der Waals surface area contributed by atoms with Crippen LogP contribution in [0.15, 0.2) is 42.7 Å². The van der Waals surface area contributed by atoms with Crippen LogP contribution in [-0.2, 0) is 13.6 Å². The Morgan fingerprint density at radius 3 is 2.43 bits per heavy atom. The van der Waals surface area contributed by atoms with Crippen LogP contribution < -0.4 is 10.6 Å². The number of anilines is 2. The zero-order valence-electron chi connectivity index (χ0n) is 15.2. The molecule has 0 radical (unpaired) electrons. The Morgan fingerprint density at radius 1 is 1.11 bits per heavy atom. The molecule has 10 heteroatoms. The van der Waals surface area contributed by atoms with Crippen molar-refractivity contribution in [3.63, 3.8) is 0 Å². The molecular formula is C18H18N6O4. The Hall–Kier alpha value is -3.95. The highest BCUT2D eigenvalue weighted by Crippen LogP contribution is 2.18. The number of nitrogens with one attached hydrogen (secondary N) is 2. The summed E-state index contributed by atoms with van der Waals surface area (Å²) in [6.07, 6.45) is 2.80. The monoisotopic (exact) mass is 382 g/mol.